The smallest absolute Gasteiger partial charge is 0.122 e. The van der Waals surface area contributed by atoms with E-state index in [0.29, 0.717) is 6.04 Å². The molecule has 1 aromatic rings. The standard InChI is InChI=1S/C17H28N2O/c1-13-12-15(14(2)18)7-8-17(13)20-11-9-16-6-4-5-10-19(16)3/h7-8,12,14,16H,4-6,9-11,18H2,1-3H3. The summed E-state index contributed by atoms with van der Waals surface area (Å²) < 4.78 is 5.96. The highest BCUT2D eigenvalue weighted by Crippen LogP contribution is 2.23. The van der Waals surface area contributed by atoms with Crippen molar-refractivity contribution in [2.75, 3.05) is 20.2 Å². The summed E-state index contributed by atoms with van der Waals surface area (Å²) in [7, 11) is 2.23. The van der Waals surface area contributed by atoms with Crippen molar-refractivity contribution in [2.24, 2.45) is 5.73 Å². The third-order valence-electron chi connectivity index (χ3n) is 4.35. The molecule has 1 aromatic carbocycles. The van der Waals surface area contributed by atoms with Crippen molar-refractivity contribution in [3.63, 3.8) is 0 Å². The first-order chi connectivity index (χ1) is 9.58. The zero-order chi connectivity index (χ0) is 14.5. The van der Waals surface area contributed by atoms with Crippen LogP contribution >= 0.6 is 0 Å². The Kier molecular flexibility index (Phi) is 5.44. The van der Waals surface area contributed by atoms with E-state index in [2.05, 4.69) is 37.1 Å². The Balaban J connectivity index is 1.84. The maximum Gasteiger partial charge on any atom is 0.122 e. The largest absolute Gasteiger partial charge is 0.493 e. The minimum atomic E-state index is 0.0821. The van der Waals surface area contributed by atoms with Gasteiger partial charge in [-0.1, -0.05) is 18.6 Å². The van der Waals surface area contributed by atoms with Crippen LogP contribution in [0, 0.1) is 6.92 Å². The highest BCUT2D eigenvalue weighted by Gasteiger charge is 2.18. The summed E-state index contributed by atoms with van der Waals surface area (Å²) >= 11 is 0. The third-order valence-corrected chi connectivity index (χ3v) is 4.35. The lowest BCUT2D eigenvalue weighted by molar-refractivity contribution is 0.153. The van der Waals surface area contributed by atoms with Crippen LogP contribution in [-0.4, -0.2) is 31.1 Å². The first-order valence-electron chi connectivity index (χ1n) is 7.77. The molecule has 1 heterocycles. The second-order valence-electron chi connectivity index (χ2n) is 6.08. The molecular formula is C17H28N2O. The molecule has 1 aliphatic heterocycles. The van der Waals surface area contributed by atoms with Crippen molar-refractivity contribution >= 4 is 0 Å². The minimum Gasteiger partial charge on any atom is -0.493 e. The van der Waals surface area contributed by atoms with Crippen molar-refractivity contribution in [2.45, 2.75) is 51.6 Å². The second kappa shape index (κ2) is 7.09. The summed E-state index contributed by atoms with van der Waals surface area (Å²) in [4.78, 5) is 2.47. The number of piperidine rings is 1. The first kappa shape index (κ1) is 15.3. The molecule has 2 unspecified atom stereocenters. The molecule has 3 heteroatoms. The monoisotopic (exact) mass is 276 g/mol. The molecule has 0 aromatic heterocycles. The lowest BCUT2D eigenvalue weighted by atomic mass is 10.0. The molecule has 2 N–H and O–H groups in total. The maximum absolute atomic E-state index is 5.96. The number of aryl methyl sites for hydroxylation is 1. The molecule has 1 saturated heterocycles. The van der Waals surface area contributed by atoms with Gasteiger partial charge in [-0.2, -0.15) is 0 Å². The van der Waals surface area contributed by atoms with E-state index in [0.717, 1.165) is 18.8 Å². The number of nitrogens with zero attached hydrogens (tertiary/aromatic N) is 1. The van der Waals surface area contributed by atoms with Gasteiger partial charge in [-0.15, -0.1) is 0 Å². The molecule has 2 rings (SSSR count). The molecule has 1 aliphatic rings. The molecule has 1 fully saturated rings. The van der Waals surface area contributed by atoms with Gasteiger partial charge in [-0.25, -0.2) is 0 Å². The molecular weight excluding hydrogens is 248 g/mol. The predicted octanol–water partition coefficient (Wildman–Crippen LogP) is 3.27. The van der Waals surface area contributed by atoms with Gasteiger partial charge in [0.25, 0.3) is 0 Å². The highest BCUT2D eigenvalue weighted by atomic mass is 16.5. The fraction of sp³-hybridized carbons (Fsp3) is 0.647. The van der Waals surface area contributed by atoms with Gasteiger partial charge in [0.15, 0.2) is 0 Å². The fourth-order valence-corrected chi connectivity index (χ4v) is 2.93. The SMILES string of the molecule is Cc1cc(C(C)N)ccc1OCCC1CCCCN1C. The second-order valence-corrected chi connectivity index (χ2v) is 6.08. The molecule has 3 nitrogen and oxygen atoms in total. The molecule has 2 atom stereocenters. The van der Waals surface area contributed by atoms with E-state index in [1.165, 1.54) is 36.9 Å². The van der Waals surface area contributed by atoms with Crippen molar-refractivity contribution < 1.29 is 4.74 Å². The van der Waals surface area contributed by atoms with Crippen LogP contribution in [0.2, 0.25) is 0 Å². The summed E-state index contributed by atoms with van der Waals surface area (Å²) in [5.41, 5.74) is 8.25. The lowest BCUT2D eigenvalue weighted by Gasteiger charge is -2.32. The quantitative estimate of drug-likeness (QED) is 0.897. The van der Waals surface area contributed by atoms with Crippen LogP contribution in [0.5, 0.6) is 5.75 Å². The Labute approximate surface area is 123 Å². The van der Waals surface area contributed by atoms with E-state index in [1.54, 1.807) is 0 Å². The summed E-state index contributed by atoms with van der Waals surface area (Å²) in [5, 5.41) is 0. The van der Waals surface area contributed by atoms with Gasteiger partial charge in [0.1, 0.15) is 5.75 Å². The Morgan fingerprint density at radius 3 is 2.85 bits per heavy atom. The number of likely N-dealkylation sites (tertiary alicyclic amines) is 1. The first-order valence-corrected chi connectivity index (χ1v) is 7.77. The zero-order valence-electron chi connectivity index (χ0n) is 13.1. The molecule has 112 valence electrons. The Morgan fingerprint density at radius 1 is 1.40 bits per heavy atom. The van der Waals surface area contributed by atoms with E-state index >= 15 is 0 Å². The highest BCUT2D eigenvalue weighted by molar-refractivity contribution is 5.37. The predicted molar refractivity (Wildman–Crippen MR) is 84.2 cm³/mol. The van der Waals surface area contributed by atoms with E-state index in [-0.39, 0.29) is 6.04 Å². The Hall–Kier alpha value is -1.06. The van der Waals surface area contributed by atoms with Gasteiger partial charge >= 0.3 is 0 Å². The van der Waals surface area contributed by atoms with Crippen molar-refractivity contribution in [1.82, 2.24) is 4.90 Å². The van der Waals surface area contributed by atoms with Gasteiger partial charge in [0.05, 0.1) is 6.61 Å². The molecule has 0 saturated carbocycles. The number of hydrogen-bond acceptors (Lipinski definition) is 3. The van der Waals surface area contributed by atoms with Gasteiger partial charge in [0, 0.05) is 12.1 Å². The maximum atomic E-state index is 5.96. The number of rotatable bonds is 5. The molecule has 0 bridgehead atoms. The summed E-state index contributed by atoms with van der Waals surface area (Å²) in [5.74, 6) is 0.993. The van der Waals surface area contributed by atoms with E-state index in [9.17, 15) is 0 Å². The fourth-order valence-electron chi connectivity index (χ4n) is 2.93. The van der Waals surface area contributed by atoms with Crippen LogP contribution in [0.1, 0.15) is 49.8 Å². The van der Waals surface area contributed by atoms with E-state index in [1.807, 2.05) is 6.92 Å². The Morgan fingerprint density at radius 2 is 2.20 bits per heavy atom. The van der Waals surface area contributed by atoms with Crippen LogP contribution in [-0.2, 0) is 0 Å². The van der Waals surface area contributed by atoms with Crippen LogP contribution in [0.3, 0.4) is 0 Å². The number of hydrogen-bond donors (Lipinski definition) is 1. The van der Waals surface area contributed by atoms with Crippen molar-refractivity contribution in [3.8, 4) is 5.75 Å². The molecule has 0 aliphatic carbocycles. The molecule has 20 heavy (non-hydrogen) atoms. The number of ether oxygens (including phenoxy) is 1. The topological polar surface area (TPSA) is 38.5 Å². The summed E-state index contributed by atoms with van der Waals surface area (Å²) in [6.07, 6.45) is 5.12. The Bertz CT molecular complexity index is 431. The van der Waals surface area contributed by atoms with Gasteiger partial charge in [-0.3, -0.25) is 0 Å². The lowest BCUT2D eigenvalue weighted by Crippen LogP contribution is -2.37. The van der Waals surface area contributed by atoms with Gasteiger partial charge in [-0.05, 0) is 63.9 Å². The van der Waals surface area contributed by atoms with Crippen molar-refractivity contribution in [1.29, 1.82) is 0 Å². The van der Waals surface area contributed by atoms with Crippen LogP contribution in [0.15, 0.2) is 18.2 Å². The molecule has 0 radical (unpaired) electrons. The van der Waals surface area contributed by atoms with Crippen LogP contribution in [0.4, 0.5) is 0 Å². The normalized spacial score (nSPS) is 21.7. The van der Waals surface area contributed by atoms with Crippen LogP contribution < -0.4 is 10.5 Å². The van der Waals surface area contributed by atoms with Gasteiger partial charge in [0.2, 0.25) is 0 Å². The van der Waals surface area contributed by atoms with E-state index < -0.39 is 0 Å². The van der Waals surface area contributed by atoms with Crippen molar-refractivity contribution in [3.05, 3.63) is 29.3 Å². The van der Waals surface area contributed by atoms with Crippen LogP contribution in [0.25, 0.3) is 0 Å². The van der Waals surface area contributed by atoms with Gasteiger partial charge < -0.3 is 15.4 Å². The summed E-state index contributed by atoms with van der Waals surface area (Å²) in [6.45, 7) is 6.13. The molecule has 0 spiro atoms. The number of benzene rings is 1. The summed E-state index contributed by atoms with van der Waals surface area (Å²) in [6, 6.07) is 7.02. The zero-order valence-corrected chi connectivity index (χ0v) is 13.1. The third kappa shape index (κ3) is 3.97. The average Bonchev–Trinajstić information content (AvgIpc) is 2.42. The number of nitrogens with two attached hydrogens (primary N) is 1. The minimum absolute atomic E-state index is 0.0821. The molecule has 0 amide bonds. The van der Waals surface area contributed by atoms with E-state index in [4.69, 9.17) is 10.5 Å². The average molecular weight is 276 g/mol.